The molecule has 82 valence electrons. The van der Waals surface area contributed by atoms with Crippen LogP contribution in [0.25, 0.3) is 0 Å². The predicted octanol–water partition coefficient (Wildman–Crippen LogP) is 5.01. The first-order valence-electron chi connectivity index (χ1n) is 5.98. The average Bonchev–Trinajstić information content (AvgIpc) is 2.30. The van der Waals surface area contributed by atoms with Crippen LogP contribution in [0.1, 0.15) is 48.1 Å². The van der Waals surface area contributed by atoms with E-state index < -0.39 is 0 Å². The molecule has 1 aromatic carbocycles. The van der Waals surface area contributed by atoms with Crippen LogP contribution in [-0.2, 0) is 0 Å². The lowest BCUT2D eigenvalue weighted by molar-refractivity contribution is 0.354. The van der Waals surface area contributed by atoms with Gasteiger partial charge in [0.15, 0.2) is 0 Å². The lowest BCUT2D eigenvalue weighted by Crippen LogP contribution is -2.11. The van der Waals surface area contributed by atoms with E-state index in [2.05, 4.69) is 47.1 Å². The van der Waals surface area contributed by atoms with Gasteiger partial charge in [-0.3, -0.25) is 0 Å². The van der Waals surface area contributed by atoms with E-state index in [0.717, 1.165) is 5.92 Å². The Kier molecular flexibility index (Phi) is 3.85. The Morgan fingerprint density at radius 1 is 1.07 bits per heavy atom. The van der Waals surface area contributed by atoms with Crippen LogP contribution in [0, 0.1) is 12.8 Å². The fourth-order valence-electron chi connectivity index (χ4n) is 2.45. The van der Waals surface area contributed by atoms with Gasteiger partial charge in [0.1, 0.15) is 0 Å². The quantitative estimate of drug-likeness (QED) is 0.660. The highest BCUT2D eigenvalue weighted by Crippen LogP contribution is 2.39. The van der Waals surface area contributed by atoms with Crippen molar-refractivity contribution in [3.8, 4) is 0 Å². The van der Waals surface area contributed by atoms with E-state index in [0.29, 0.717) is 4.83 Å². The molecular weight excluding hydrogens is 248 g/mol. The molecule has 0 nitrogen and oxygen atoms in total. The Morgan fingerprint density at radius 3 is 2.27 bits per heavy atom. The van der Waals surface area contributed by atoms with Crippen molar-refractivity contribution in [3.63, 3.8) is 0 Å². The van der Waals surface area contributed by atoms with E-state index in [1.54, 1.807) is 0 Å². The summed E-state index contributed by atoms with van der Waals surface area (Å²) in [5, 5.41) is 0. The first-order valence-corrected chi connectivity index (χ1v) is 6.89. The minimum atomic E-state index is 0.568. The van der Waals surface area contributed by atoms with Crippen LogP contribution in [0.4, 0.5) is 0 Å². The Bertz CT molecular complexity index is 296. The summed E-state index contributed by atoms with van der Waals surface area (Å²) in [7, 11) is 0. The minimum Gasteiger partial charge on any atom is -0.0836 e. The second kappa shape index (κ2) is 5.16. The average molecular weight is 267 g/mol. The van der Waals surface area contributed by atoms with Crippen LogP contribution in [0.3, 0.4) is 0 Å². The second-order valence-corrected chi connectivity index (χ2v) is 5.70. The van der Waals surface area contributed by atoms with E-state index in [9.17, 15) is 0 Å². The van der Waals surface area contributed by atoms with Gasteiger partial charge in [-0.1, -0.05) is 65.0 Å². The zero-order valence-corrected chi connectivity index (χ0v) is 11.0. The molecule has 0 heterocycles. The van der Waals surface area contributed by atoms with Gasteiger partial charge < -0.3 is 0 Å². The summed E-state index contributed by atoms with van der Waals surface area (Å²) >= 11 is 3.87. The zero-order chi connectivity index (χ0) is 10.7. The van der Waals surface area contributed by atoms with Crippen molar-refractivity contribution in [2.45, 2.75) is 43.9 Å². The van der Waals surface area contributed by atoms with E-state index in [1.807, 2.05) is 0 Å². The number of benzene rings is 1. The molecule has 15 heavy (non-hydrogen) atoms. The first kappa shape index (κ1) is 11.2. The molecule has 1 aliphatic carbocycles. The third kappa shape index (κ3) is 2.84. The van der Waals surface area contributed by atoms with Crippen molar-refractivity contribution in [1.82, 2.24) is 0 Å². The van der Waals surface area contributed by atoms with Crippen LogP contribution >= 0.6 is 15.9 Å². The molecule has 1 aromatic rings. The SMILES string of the molecule is Cc1ccc(C(Br)C2CCCCC2)cc1. The number of hydrogen-bond acceptors (Lipinski definition) is 0. The Balaban J connectivity index is 2.05. The highest BCUT2D eigenvalue weighted by Gasteiger charge is 2.22. The molecule has 0 saturated heterocycles. The molecule has 0 aromatic heterocycles. The van der Waals surface area contributed by atoms with Crippen LogP contribution in [-0.4, -0.2) is 0 Å². The molecule has 1 unspecified atom stereocenters. The molecule has 0 radical (unpaired) electrons. The molecule has 0 amide bonds. The van der Waals surface area contributed by atoms with Gasteiger partial charge in [0.2, 0.25) is 0 Å². The first-order chi connectivity index (χ1) is 7.27. The standard InChI is InChI=1S/C14H19Br/c1-11-7-9-13(10-8-11)14(15)12-5-3-2-4-6-12/h7-10,12,14H,2-6H2,1H3. The summed E-state index contributed by atoms with van der Waals surface area (Å²) in [4.78, 5) is 0.568. The minimum absolute atomic E-state index is 0.568. The number of halogens is 1. The largest absolute Gasteiger partial charge is 0.0836 e. The van der Waals surface area contributed by atoms with Crippen LogP contribution in [0.5, 0.6) is 0 Å². The van der Waals surface area contributed by atoms with Crippen molar-refractivity contribution in [2.24, 2.45) is 5.92 Å². The highest BCUT2D eigenvalue weighted by molar-refractivity contribution is 9.09. The van der Waals surface area contributed by atoms with Crippen molar-refractivity contribution < 1.29 is 0 Å². The molecule has 1 aliphatic rings. The summed E-state index contributed by atoms with van der Waals surface area (Å²) in [5.41, 5.74) is 2.80. The fraction of sp³-hybridized carbons (Fsp3) is 0.571. The Hall–Kier alpha value is -0.300. The van der Waals surface area contributed by atoms with Crippen LogP contribution < -0.4 is 0 Å². The molecule has 1 heteroatoms. The maximum absolute atomic E-state index is 3.87. The van der Waals surface area contributed by atoms with Gasteiger partial charge in [0.25, 0.3) is 0 Å². The van der Waals surface area contributed by atoms with Gasteiger partial charge in [-0.2, -0.15) is 0 Å². The summed E-state index contributed by atoms with van der Waals surface area (Å²) in [5.74, 6) is 0.849. The lowest BCUT2D eigenvalue weighted by Gasteiger charge is -2.26. The van der Waals surface area contributed by atoms with Gasteiger partial charge in [0, 0.05) is 4.83 Å². The van der Waals surface area contributed by atoms with Crippen LogP contribution in [0.15, 0.2) is 24.3 Å². The van der Waals surface area contributed by atoms with E-state index in [4.69, 9.17) is 0 Å². The van der Waals surface area contributed by atoms with Crippen molar-refractivity contribution in [2.75, 3.05) is 0 Å². The number of alkyl halides is 1. The van der Waals surface area contributed by atoms with Gasteiger partial charge in [0.05, 0.1) is 0 Å². The van der Waals surface area contributed by atoms with E-state index >= 15 is 0 Å². The van der Waals surface area contributed by atoms with E-state index in [-0.39, 0.29) is 0 Å². The second-order valence-electron chi connectivity index (χ2n) is 4.71. The Labute approximate surface area is 101 Å². The summed E-state index contributed by atoms with van der Waals surface area (Å²) in [6.45, 7) is 2.15. The lowest BCUT2D eigenvalue weighted by atomic mass is 9.84. The van der Waals surface area contributed by atoms with Gasteiger partial charge in [-0.05, 0) is 31.2 Å². The van der Waals surface area contributed by atoms with Crippen LogP contribution in [0.2, 0.25) is 0 Å². The van der Waals surface area contributed by atoms with Crippen molar-refractivity contribution in [1.29, 1.82) is 0 Å². The third-order valence-corrected chi connectivity index (χ3v) is 4.74. The molecular formula is C14H19Br. The smallest absolute Gasteiger partial charge is 0.0423 e. The normalized spacial score (nSPS) is 20.1. The molecule has 0 spiro atoms. The molecule has 1 fully saturated rings. The monoisotopic (exact) mass is 266 g/mol. The molecule has 1 atom stereocenters. The molecule has 2 rings (SSSR count). The Morgan fingerprint density at radius 2 is 1.67 bits per heavy atom. The fourth-order valence-corrected chi connectivity index (χ4v) is 3.28. The zero-order valence-electron chi connectivity index (χ0n) is 9.38. The molecule has 0 bridgehead atoms. The molecule has 1 saturated carbocycles. The molecule has 0 N–H and O–H groups in total. The maximum Gasteiger partial charge on any atom is 0.0423 e. The molecule has 0 aliphatic heterocycles. The number of hydrogen-bond donors (Lipinski definition) is 0. The van der Waals surface area contributed by atoms with E-state index in [1.165, 1.54) is 43.2 Å². The number of aryl methyl sites for hydroxylation is 1. The van der Waals surface area contributed by atoms with Crippen molar-refractivity contribution >= 4 is 15.9 Å². The predicted molar refractivity (Wildman–Crippen MR) is 69.4 cm³/mol. The summed E-state index contributed by atoms with van der Waals surface area (Å²) < 4.78 is 0. The van der Waals surface area contributed by atoms with Gasteiger partial charge in [-0.15, -0.1) is 0 Å². The summed E-state index contributed by atoms with van der Waals surface area (Å²) in [6.07, 6.45) is 7.05. The number of rotatable bonds is 2. The van der Waals surface area contributed by atoms with Gasteiger partial charge in [-0.25, -0.2) is 0 Å². The maximum atomic E-state index is 3.87. The third-order valence-electron chi connectivity index (χ3n) is 3.46. The highest BCUT2D eigenvalue weighted by atomic mass is 79.9. The topological polar surface area (TPSA) is 0 Å². The summed E-state index contributed by atoms with van der Waals surface area (Å²) in [6, 6.07) is 8.96. The van der Waals surface area contributed by atoms with Gasteiger partial charge >= 0.3 is 0 Å². The van der Waals surface area contributed by atoms with Crippen molar-refractivity contribution in [3.05, 3.63) is 35.4 Å².